The molecular formula is C12H16N4O. The summed E-state index contributed by atoms with van der Waals surface area (Å²) in [6.45, 7) is 2.63. The summed E-state index contributed by atoms with van der Waals surface area (Å²) in [6, 6.07) is 3.71. The number of ether oxygens (including phenoxy) is 1. The average molecular weight is 232 g/mol. The van der Waals surface area contributed by atoms with Gasteiger partial charge in [-0.25, -0.2) is 4.98 Å². The molecule has 17 heavy (non-hydrogen) atoms. The number of methoxy groups -OCH3 is 1. The van der Waals surface area contributed by atoms with Gasteiger partial charge in [-0.15, -0.1) is 0 Å². The van der Waals surface area contributed by atoms with Crippen molar-refractivity contribution in [1.82, 2.24) is 4.98 Å². The molecule has 90 valence electrons. The molecule has 0 saturated carbocycles. The van der Waals surface area contributed by atoms with E-state index in [4.69, 9.17) is 15.7 Å². The van der Waals surface area contributed by atoms with Gasteiger partial charge in [0.15, 0.2) is 5.82 Å². The van der Waals surface area contributed by atoms with Crippen LogP contribution in [0.4, 0.5) is 11.5 Å². The number of nitrogens with two attached hydrogens (primary N) is 1. The zero-order chi connectivity index (χ0) is 12.3. The highest BCUT2D eigenvalue weighted by molar-refractivity contribution is 5.64. The van der Waals surface area contributed by atoms with Gasteiger partial charge in [0.2, 0.25) is 0 Å². The Morgan fingerprint density at radius 2 is 2.53 bits per heavy atom. The van der Waals surface area contributed by atoms with Gasteiger partial charge in [0.25, 0.3) is 0 Å². The molecule has 2 N–H and O–H groups in total. The quantitative estimate of drug-likeness (QED) is 0.841. The molecule has 0 bridgehead atoms. The second-order valence-electron chi connectivity index (χ2n) is 4.30. The monoisotopic (exact) mass is 232 g/mol. The summed E-state index contributed by atoms with van der Waals surface area (Å²) in [5.41, 5.74) is 6.98. The van der Waals surface area contributed by atoms with Crippen molar-refractivity contribution in [3.63, 3.8) is 0 Å². The molecule has 1 aliphatic rings. The number of nitriles is 1. The Labute approximate surface area is 101 Å². The second kappa shape index (κ2) is 5.02. The lowest BCUT2D eigenvalue weighted by Crippen LogP contribution is -2.23. The van der Waals surface area contributed by atoms with Crippen LogP contribution in [-0.2, 0) is 4.74 Å². The van der Waals surface area contributed by atoms with Crippen molar-refractivity contribution in [3.05, 3.63) is 17.8 Å². The van der Waals surface area contributed by atoms with Crippen LogP contribution in [0.3, 0.4) is 0 Å². The Balaban J connectivity index is 2.11. The number of rotatable bonds is 3. The summed E-state index contributed by atoms with van der Waals surface area (Å²) in [5, 5.41) is 8.75. The van der Waals surface area contributed by atoms with Crippen molar-refractivity contribution in [3.8, 4) is 6.07 Å². The van der Waals surface area contributed by atoms with Gasteiger partial charge in [-0.05, 0) is 12.5 Å². The Bertz CT molecular complexity index is 441. The lowest BCUT2D eigenvalue weighted by molar-refractivity contribution is 0.161. The van der Waals surface area contributed by atoms with Crippen LogP contribution in [0.15, 0.2) is 12.3 Å². The summed E-state index contributed by atoms with van der Waals surface area (Å²) >= 11 is 0. The molecule has 1 saturated heterocycles. The highest BCUT2D eigenvalue weighted by Gasteiger charge is 2.24. The van der Waals surface area contributed by atoms with E-state index in [1.807, 2.05) is 6.07 Å². The summed E-state index contributed by atoms with van der Waals surface area (Å²) < 4.78 is 5.16. The number of aromatic nitrogens is 1. The van der Waals surface area contributed by atoms with Gasteiger partial charge < -0.3 is 15.4 Å². The van der Waals surface area contributed by atoms with Gasteiger partial charge in [-0.1, -0.05) is 0 Å². The molecule has 1 unspecified atom stereocenters. The minimum atomic E-state index is 0.499. The minimum Gasteiger partial charge on any atom is -0.396 e. The smallest absolute Gasteiger partial charge is 0.151 e. The molecule has 0 aliphatic carbocycles. The van der Waals surface area contributed by atoms with Gasteiger partial charge in [0.1, 0.15) is 6.07 Å². The molecule has 1 atom stereocenters. The number of pyridine rings is 1. The summed E-state index contributed by atoms with van der Waals surface area (Å²) in [6.07, 6.45) is 2.66. The van der Waals surface area contributed by atoms with Crippen molar-refractivity contribution >= 4 is 11.5 Å². The Hall–Kier alpha value is -1.80. The predicted octanol–water partition coefficient (Wildman–Crippen LogP) is 1.01. The van der Waals surface area contributed by atoms with Crippen LogP contribution in [0.1, 0.15) is 12.0 Å². The van der Waals surface area contributed by atoms with Crippen LogP contribution >= 0.6 is 0 Å². The molecule has 0 radical (unpaired) electrons. The molecule has 5 nitrogen and oxygen atoms in total. The van der Waals surface area contributed by atoms with Gasteiger partial charge in [0, 0.05) is 32.3 Å². The number of hydrogen-bond donors (Lipinski definition) is 1. The summed E-state index contributed by atoms with van der Waals surface area (Å²) in [5.74, 6) is 1.32. The number of anilines is 2. The lowest BCUT2D eigenvalue weighted by atomic mass is 10.1. The third-order valence-electron chi connectivity index (χ3n) is 3.01. The van der Waals surface area contributed by atoms with E-state index < -0.39 is 0 Å². The molecule has 2 rings (SSSR count). The normalized spacial score (nSPS) is 19.3. The topological polar surface area (TPSA) is 75.2 Å². The summed E-state index contributed by atoms with van der Waals surface area (Å²) in [7, 11) is 1.72. The van der Waals surface area contributed by atoms with Crippen molar-refractivity contribution in [2.75, 3.05) is 37.4 Å². The third kappa shape index (κ3) is 2.48. The molecule has 5 heteroatoms. The molecule has 1 fully saturated rings. The van der Waals surface area contributed by atoms with Crippen LogP contribution in [0.25, 0.3) is 0 Å². The first-order valence-electron chi connectivity index (χ1n) is 5.64. The van der Waals surface area contributed by atoms with Crippen molar-refractivity contribution in [2.24, 2.45) is 5.92 Å². The molecule has 0 aromatic carbocycles. The van der Waals surface area contributed by atoms with Gasteiger partial charge in [0.05, 0.1) is 17.9 Å². The SMILES string of the molecule is COCC1CCN(c2ncc(C#N)cc2N)C1. The maximum atomic E-state index is 8.75. The highest BCUT2D eigenvalue weighted by atomic mass is 16.5. The first-order chi connectivity index (χ1) is 8.24. The van der Waals surface area contributed by atoms with Crippen molar-refractivity contribution < 1.29 is 4.74 Å². The molecular weight excluding hydrogens is 216 g/mol. The Kier molecular flexibility index (Phi) is 3.45. The van der Waals surface area contributed by atoms with Crippen LogP contribution in [0.2, 0.25) is 0 Å². The van der Waals surface area contributed by atoms with E-state index in [2.05, 4.69) is 9.88 Å². The van der Waals surface area contributed by atoms with Crippen molar-refractivity contribution in [2.45, 2.75) is 6.42 Å². The summed E-state index contributed by atoms with van der Waals surface area (Å²) in [4.78, 5) is 6.42. The fourth-order valence-corrected chi connectivity index (χ4v) is 2.20. The lowest BCUT2D eigenvalue weighted by Gasteiger charge is -2.19. The van der Waals surface area contributed by atoms with Crippen LogP contribution in [0.5, 0.6) is 0 Å². The van der Waals surface area contributed by atoms with Crippen LogP contribution in [-0.4, -0.2) is 31.8 Å². The van der Waals surface area contributed by atoms with Gasteiger partial charge in [-0.2, -0.15) is 5.26 Å². The van der Waals surface area contributed by atoms with Crippen LogP contribution in [0, 0.1) is 17.2 Å². The molecule has 2 heterocycles. The van der Waals surface area contributed by atoms with E-state index in [0.29, 0.717) is 17.2 Å². The molecule has 1 aromatic heterocycles. The number of hydrogen-bond acceptors (Lipinski definition) is 5. The van der Waals surface area contributed by atoms with Gasteiger partial charge >= 0.3 is 0 Å². The predicted molar refractivity (Wildman–Crippen MR) is 65.6 cm³/mol. The second-order valence-corrected chi connectivity index (χ2v) is 4.30. The zero-order valence-electron chi connectivity index (χ0n) is 9.89. The van der Waals surface area contributed by atoms with E-state index in [1.165, 1.54) is 0 Å². The van der Waals surface area contributed by atoms with E-state index in [0.717, 1.165) is 31.9 Å². The van der Waals surface area contributed by atoms with E-state index in [-0.39, 0.29) is 0 Å². The average Bonchev–Trinajstić information content (AvgIpc) is 2.78. The maximum Gasteiger partial charge on any atom is 0.151 e. The van der Waals surface area contributed by atoms with E-state index in [1.54, 1.807) is 19.4 Å². The van der Waals surface area contributed by atoms with Gasteiger partial charge in [-0.3, -0.25) is 0 Å². The first kappa shape index (κ1) is 11.7. The number of nitrogen functional groups attached to an aromatic ring is 1. The highest BCUT2D eigenvalue weighted by Crippen LogP contribution is 2.27. The Morgan fingerprint density at radius 3 is 3.18 bits per heavy atom. The first-order valence-corrected chi connectivity index (χ1v) is 5.64. The zero-order valence-corrected chi connectivity index (χ0v) is 9.89. The molecule has 0 amide bonds. The molecule has 1 aliphatic heterocycles. The minimum absolute atomic E-state index is 0.499. The van der Waals surface area contributed by atoms with Crippen molar-refractivity contribution in [1.29, 1.82) is 5.26 Å². The molecule has 0 spiro atoms. The van der Waals surface area contributed by atoms with E-state index >= 15 is 0 Å². The fourth-order valence-electron chi connectivity index (χ4n) is 2.20. The maximum absolute atomic E-state index is 8.75. The Morgan fingerprint density at radius 1 is 1.71 bits per heavy atom. The fraction of sp³-hybridized carbons (Fsp3) is 0.500. The number of nitrogens with zero attached hydrogens (tertiary/aromatic N) is 3. The standard InChI is InChI=1S/C12H16N4O/c1-17-8-9-2-3-16(7-9)12-11(14)4-10(5-13)6-15-12/h4,6,9H,2-3,7-8,14H2,1H3. The van der Waals surface area contributed by atoms with Crippen LogP contribution < -0.4 is 10.6 Å². The largest absolute Gasteiger partial charge is 0.396 e. The molecule has 1 aromatic rings. The van der Waals surface area contributed by atoms with E-state index in [9.17, 15) is 0 Å². The third-order valence-corrected chi connectivity index (χ3v) is 3.01.